The van der Waals surface area contributed by atoms with Crippen molar-refractivity contribution in [2.24, 2.45) is 0 Å². The molecule has 2 atom stereocenters. The van der Waals surface area contributed by atoms with Crippen LogP contribution in [0, 0.1) is 0 Å². The molecule has 5 heteroatoms. The van der Waals surface area contributed by atoms with Gasteiger partial charge in [-0.3, -0.25) is 15.0 Å². The Morgan fingerprint density at radius 1 is 1.33 bits per heavy atom. The summed E-state index contributed by atoms with van der Waals surface area (Å²) in [5, 5.41) is 3.45. The van der Waals surface area contributed by atoms with E-state index in [9.17, 15) is 4.79 Å². The quantitative estimate of drug-likeness (QED) is 0.693. The molecule has 0 bridgehead atoms. The van der Waals surface area contributed by atoms with E-state index in [0.717, 1.165) is 32.4 Å². The summed E-state index contributed by atoms with van der Waals surface area (Å²) in [7, 11) is 3.21. The number of hydrogen-bond acceptors (Lipinski definition) is 5. The molecule has 5 nitrogen and oxygen atoms in total. The summed E-state index contributed by atoms with van der Waals surface area (Å²) in [6.07, 6.45) is 2.65. The summed E-state index contributed by atoms with van der Waals surface area (Å²) in [4.78, 5) is 14.7. The maximum atomic E-state index is 12.3. The van der Waals surface area contributed by atoms with E-state index in [4.69, 9.17) is 9.47 Å². The van der Waals surface area contributed by atoms with Gasteiger partial charge in [0, 0.05) is 31.8 Å². The van der Waals surface area contributed by atoms with Gasteiger partial charge in [0.1, 0.15) is 5.54 Å². The second-order valence-corrected chi connectivity index (χ2v) is 6.59. The van der Waals surface area contributed by atoms with Crippen LogP contribution in [0.2, 0.25) is 0 Å². The number of rotatable bonds is 8. The molecule has 0 amide bonds. The Hall–Kier alpha value is -0.650. The Labute approximate surface area is 129 Å². The molecule has 0 aliphatic heterocycles. The molecule has 1 aliphatic carbocycles. The van der Waals surface area contributed by atoms with E-state index in [0.29, 0.717) is 12.1 Å². The second-order valence-electron chi connectivity index (χ2n) is 6.59. The molecule has 1 N–H and O–H groups in total. The lowest BCUT2D eigenvalue weighted by molar-refractivity contribution is -0.149. The predicted octanol–water partition coefficient (Wildman–Crippen LogP) is 1.81. The summed E-state index contributed by atoms with van der Waals surface area (Å²) >= 11 is 0. The standard InChI is InChI=1S/C16H32N2O3/c1-12(2)17-16(15(19)21-6)8-7-14(11-16)18(13(3)4)9-10-20-5/h12-14,17H,7-11H2,1-6H3. The summed E-state index contributed by atoms with van der Waals surface area (Å²) in [5.74, 6) is -0.130. The van der Waals surface area contributed by atoms with Crippen LogP contribution in [0.1, 0.15) is 47.0 Å². The first-order valence-electron chi connectivity index (χ1n) is 7.97. The first-order valence-corrected chi connectivity index (χ1v) is 7.97. The van der Waals surface area contributed by atoms with Crippen molar-refractivity contribution in [2.75, 3.05) is 27.4 Å². The van der Waals surface area contributed by atoms with Crippen molar-refractivity contribution < 1.29 is 14.3 Å². The SMILES string of the molecule is COCCN(C(C)C)C1CCC(NC(C)C)(C(=O)OC)C1. The minimum absolute atomic E-state index is 0.130. The Kier molecular flexibility index (Phi) is 7.10. The Balaban J connectivity index is 2.82. The van der Waals surface area contributed by atoms with Crippen LogP contribution in [0.4, 0.5) is 0 Å². The van der Waals surface area contributed by atoms with Crippen molar-refractivity contribution >= 4 is 5.97 Å². The van der Waals surface area contributed by atoms with Crippen LogP contribution >= 0.6 is 0 Å². The van der Waals surface area contributed by atoms with Gasteiger partial charge in [0.25, 0.3) is 0 Å². The molecule has 0 aromatic carbocycles. The highest BCUT2D eigenvalue weighted by Gasteiger charge is 2.48. The number of hydrogen-bond donors (Lipinski definition) is 1. The molecule has 21 heavy (non-hydrogen) atoms. The van der Waals surface area contributed by atoms with Crippen LogP contribution in [-0.2, 0) is 14.3 Å². The highest BCUT2D eigenvalue weighted by atomic mass is 16.5. The van der Waals surface area contributed by atoms with Gasteiger partial charge in [0.2, 0.25) is 0 Å². The zero-order valence-corrected chi connectivity index (χ0v) is 14.4. The van der Waals surface area contributed by atoms with Gasteiger partial charge in [-0.25, -0.2) is 0 Å². The van der Waals surface area contributed by atoms with Gasteiger partial charge in [-0.05, 0) is 47.0 Å². The average molecular weight is 300 g/mol. The topological polar surface area (TPSA) is 50.8 Å². The lowest BCUT2D eigenvalue weighted by atomic mass is 9.95. The Bertz CT molecular complexity index is 333. The summed E-state index contributed by atoms with van der Waals surface area (Å²) < 4.78 is 10.3. The van der Waals surface area contributed by atoms with E-state index < -0.39 is 5.54 Å². The fourth-order valence-electron chi connectivity index (χ4n) is 3.48. The summed E-state index contributed by atoms with van der Waals surface area (Å²) in [6, 6.07) is 1.09. The van der Waals surface area contributed by atoms with Gasteiger partial charge < -0.3 is 9.47 Å². The molecule has 1 rings (SSSR count). The molecular weight excluding hydrogens is 268 g/mol. The molecule has 0 aromatic heterocycles. The highest BCUT2D eigenvalue weighted by molar-refractivity contribution is 5.81. The van der Waals surface area contributed by atoms with Gasteiger partial charge in [-0.1, -0.05) is 0 Å². The normalized spacial score (nSPS) is 26.0. The smallest absolute Gasteiger partial charge is 0.326 e. The molecule has 0 spiro atoms. The second kappa shape index (κ2) is 8.11. The molecule has 1 saturated carbocycles. The van der Waals surface area contributed by atoms with Crippen molar-refractivity contribution in [2.45, 2.75) is 70.6 Å². The van der Waals surface area contributed by atoms with Crippen molar-refractivity contribution in [3.05, 3.63) is 0 Å². The number of carbonyl (C=O) groups is 1. The van der Waals surface area contributed by atoms with E-state index in [-0.39, 0.29) is 12.0 Å². The Morgan fingerprint density at radius 2 is 2.00 bits per heavy atom. The van der Waals surface area contributed by atoms with E-state index >= 15 is 0 Å². The number of nitrogens with one attached hydrogen (secondary N) is 1. The fraction of sp³-hybridized carbons (Fsp3) is 0.938. The maximum absolute atomic E-state index is 12.3. The van der Waals surface area contributed by atoms with Gasteiger partial charge >= 0.3 is 5.97 Å². The van der Waals surface area contributed by atoms with Crippen molar-refractivity contribution in [3.63, 3.8) is 0 Å². The van der Waals surface area contributed by atoms with Crippen LogP contribution in [0.5, 0.6) is 0 Å². The number of carbonyl (C=O) groups excluding carboxylic acids is 1. The molecule has 1 fully saturated rings. The van der Waals surface area contributed by atoms with E-state index in [2.05, 4.69) is 37.9 Å². The minimum atomic E-state index is -0.534. The molecule has 124 valence electrons. The van der Waals surface area contributed by atoms with Gasteiger partial charge in [-0.2, -0.15) is 0 Å². The molecule has 2 unspecified atom stereocenters. The maximum Gasteiger partial charge on any atom is 0.326 e. The lowest BCUT2D eigenvalue weighted by Crippen LogP contribution is -2.55. The third kappa shape index (κ3) is 4.66. The van der Waals surface area contributed by atoms with Crippen LogP contribution < -0.4 is 5.32 Å². The average Bonchev–Trinajstić information content (AvgIpc) is 2.82. The molecule has 0 heterocycles. The van der Waals surface area contributed by atoms with Gasteiger partial charge in [0.15, 0.2) is 0 Å². The molecule has 1 aliphatic rings. The zero-order chi connectivity index (χ0) is 16.0. The minimum Gasteiger partial charge on any atom is -0.468 e. The third-order valence-electron chi connectivity index (χ3n) is 4.32. The van der Waals surface area contributed by atoms with E-state index in [1.807, 2.05) is 0 Å². The third-order valence-corrected chi connectivity index (χ3v) is 4.32. The monoisotopic (exact) mass is 300 g/mol. The van der Waals surface area contributed by atoms with Crippen LogP contribution in [-0.4, -0.2) is 61.9 Å². The summed E-state index contributed by atoms with van der Waals surface area (Å²) in [6.45, 7) is 10.2. The van der Waals surface area contributed by atoms with E-state index in [1.165, 1.54) is 7.11 Å². The number of nitrogens with zero attached hydrogens (tertiary/aromatic N) is 1. The first kappa shape index (κ1) is 18.4. The molecule has 0 radical (unpaired) electrons. The number of esters is 1. The van der Waals surface area contributed by atoms with Crippen molar-refractivity contribution in [3.8, 4) is 0 Å². The predicted molar refractivity (Wildman–Crippen MR) is 84.4 cm³/mol. The van der Waals surface area contributed by atoms with Crippen LogP contribution in [0.3, 0.4) is 0 Å². The Morgan fingerprint density at radius 3 is 2.48 bits per heavy atom. The lowest BCUT2D eigenvalue weighted by Gasteiger charge is -2.35. The molecular formula is C16H32N2O3. The molecule has 0 saturated heterocycles. The highest BCUT2D eigenvalue weighted by Crippen LogP contribution is 2.35. The van der Waals surface area contributed by atoms with Crippen molar-refractivity contribution in [1.29, 1.82) is 0 Å². The number of ether oxygens (including phenoxy) is 2. The number of methoxy groups -OCH3 is 2. The van der Waals surface area contributed by atoms with Crippen LogP contribution in [0.25, 0.3) is 0 Å². The summed E-state index contributed by atoms with van der Waals surface area (Å²) in [5.41, 5.74) is -0.534. The largest absolute Gasteiger partial charge is 0.468 e. The van der Waals surface area contributed by atoms with E-state index in [1.54, 1.807) is 7.11 Å². The molecule has 0 aromatic rings. The fourth-order valence-corrected chi connectivity index (χ4v) is 3.48. The first-order chi connectivity index (χ1) is 9.86. The van der Waals surface area contributed by atoms with Crippen molar-refractivity contribution in [1.82, 2.24) is 10.2 Å². The van der Waals surface area contributed by atoms with Crippen LogP contribution in [0.15, 0.2) is 0 Å². The zero-order valence-electron chi connectivity index (χ0n) is 14.4. The van der Waals surface area contributed by atoms with Gasteiger partial charge in [-0.15, -0.1) is 0 Å². The van der Waals surface area contributed by atoms with Gasteiger partial charge in [0.05, 0.1) is 13.7 Å².